The summed E-state index contributed by atoms with van der Waals surface area (Å²) in [5.41, 5.74) is 0.578. The lowest BCUT2D eigenvalue weighted by atomic mass is 10.1. The number of aromatic nitrogens is 1. The lowest BCUT2D eigenvalue weighted by Gasteiger charge is -2.08. The van der Waals surface area contributed by atoms with E-state index in [1.807, 2.05) is 6.07 Å². The van der Waals surface area contributed by atoms with Gasteiger partial charge in [-0.1, -0.05) is 41.6 Å². The van der Waals surface area contributed by atoms with E-state index in [2.05, 4.69) is 17.1 Å². The van der Waals surface area contributed by atoms with Gasteiger partial charge in [-0.05, 0) is 6.42 Å². The molecule has 1 aromatic heterocycles. The van der Waals surface area contributed by atoms with E-state index in [9.17, 15) is 15.0 Å². The third-order valence-electron chi connectivity index (χ3n) is 2.89. The van der Waals surface area contributed by atoms with Crippen molar-refractivity contribution >= 4 is 18.3 Å². The van der Waals surface area contributed by atoms with Crippen molar-refractivity contribution in [2.75, 3.05) is 11.9 Å². The van der Waals surface area contributed by atoms with E-state index < -0.39 is 12.1 Å². The van der Waals surface area contributed by atoms with Crippen molar-refractivity contribution < 1.29 is 29.4 Å². The minimum absolute atomic E-state index is 0.0491. The summed E-state index contributed by atoms with van der Waals surface area (Å²) in [7, 11) is 0. The first-order chi connectivity index (χ1) is 11.5. The molecule has 4 N–H and O–H groups in total. The van der Waals surface area contributed by atoms with E-state index in [-0.39, 0.29) is 30.2 Å². The molecule has 0 spiro atoms. The highest BCUT2D eigenvalue weighted by Gasteiger charge is 2.23. The molecule has 0 aliphatic carbocycles. The van der Waals surface area contributed by atoms with Crippen LogP contribution in [0.4, 0.5) is 5.82 Å². The Morgan fingerprint density at radius 2 is 2.00 bits per heavy atom. The summed E-state index contributed by atoms with van der Waals surface area (Å²) in [5, 5.41) is 32.4. The molecule has 2 rings (SSSR count). The zero-order chi connectivity index (χ0) is 17.9. The zero-order valence-corrected chi connectivity index (χ0v) is 12.8. The van der Waals surface area contributed by atoms with Crippen molar-refractivity contribution in [1.82, 2.24) is 5.16 Å². The summed E-state index contributed by atoms with van der Waals surface area (Å²) in [6.45, 7) is 3.44. The Hall–Kier alpha value is -3.13. The lowest BCUT2D eigenvalue weighted by Crippen LogP contribution is -2.19. The normalized spacial score (nSPS) is 10.9. The number of anilines is 1. The van der Waals surface area contributed by atoms with Crippen LogP contribution in [0.15, 0.2) is 47.5 Å². The van der Waals surface area contributed by atoms with Crippen molar-refractivity contribution in [3.05, 3.63) is 48.6 Å². The second-order valence-electron chi connectivity index (χ2n) is 4.57. The van der Waals surface area contributed by atoms with E-state index in [4.69, 9.17) is 14.4 Å². The molecule has 0 radical (unpaired) electrons. The van der Waals surface area contributed by atoms with Crippen LogP contribution in [-0.4, -0.2) is 45.6 Å². The maximum absolute atomic E-state index is 11.4. The molecule has 8 nitrogen and oxygen atoms in total. The van der Waals surface area contributed by atoms with E-state index >= 15 is 0 Å². The highest BCUT2D eigenvalue weighted by atomic mass is 16.5. The summed E-state index contributed by atoms with van der Waals surface area (Å²) in [4.78, 5) is 19.8. The second kappa shape index (κ2) is 9.80. The first kappa shape index (κ1) is 18.9. The summed E-state index contributed by atoms with van der Waals surface area (Å²) in [6, 6.07) is 8.87. The van der Waals surface area contributed by atoms with Gasteiger partial charge >= 0.3 is 5.97 Å². The van der Waals surface area contributed by atoms with Gasteiger partial charge in [0.05, 0.1) is 6.10 Å². The standard InChI is InChI=1S/C15H16N2O4.CH2O2/c1-2-6-11(18)9-16-14-12(15(19)20)13(21-17-14)10-7-4-3-5-8-10;2-1-3/h2-5,7-8,11,18H,1,6,9H2,(H,16,17)(H,19,20);1H,(H,2,3). The second-order valence-corrected chi connectivity index (χ2v) is 4.57. The molecule has 0 saturated carbocycles. The maximum Gasteiger partial charge on any atom is 0.343 e. The van der Waals surface area contributed by atoms with Crippen LogP contribution in [0.2, 0.25) is 0 Å². The average molecular weight is 334 g/mol. The predicted molar refractivity (Wildman–Crippen MR) is 86.9 cm³/mol. The number of rotatable bonds is 7. The largest absolute Gasteiger partial charge is 0.483 e. The Labute approximate surface area is 138 Å². The number of carboxylic acids is 1. The molecular weight excluding hydrogens is 316 g/mol. The van der Waals surface area contributed by atoms with Gasteiger partial charge in [0.1, 0.15) is 0 Å². The van der Waals surface area contributed by atoms with Gasteiger partial charge in [-0.15, -0.1) is 6.58 Å². The molecule has 24 heavy (non-hydrogen) atoms. The van der Waals surface area contributed by atoms with Gasteiger partial charge in [0.2, 0.25) is 0 Å². The van der Waals surface area contributed by atoms with Crippen molar-refractivity contribution in [1.29, 1.82) is 0 Å². The molecule has 0 aliphatic heterocycles. The highest BCUT2D eigenvalue weighted by molar-refractivity contribution is 5.99. The first-order valence-electron chi connectivity index (χ1n) is 6.94. The zero-order valence-electron chi connectivity index (χ0n) is 12.8. The Morgan fingerprint density at radius 3 is 2.54 bits per heavy atom. The summed E-state index contributed by atoms with van der Waals surface area (Å²) in [6.07, 6.45) is 1.32. The van der Waals surface area contributed by atoms with E-state index in [1.165, 1.54) is 0 Å². The van der Waals surface area contributed by atoms with Crippen molar-refractivity contribution in [3.8, 4) is 11.3 Å². The van der Waals surface area contributed by atoms with Crippen molar-refractivity contribution in [3.63, 3.8) is 0 Å². The van der Waals surface area contributed by atoms with Crippen LogP contribution in [0.25, 0.3) is 11.3 Å². The monoisotopic (exact) mass is 334 g/mol. The fourth-order valence-electron chi connectivity index (χ4n) is 1.89. The number of aliphatic hydroxyl groups excluding tert-OH is 1. The minimum Gasteiger partial charge on any atom is -0.483 e. The summed E-state index contributed by atoms with van der Waals surface area (Å²) >= 11 is 0. The molecule has 0 bridgehead atoms. The van der Waals surface area contributed by atoms with Crippen LogP contribution < -0.4 is 5.32 Å². The fourth-order valence-corrected chi connectivity index (χ4v) is 1.89. The molecule has 2 aromatic rings. The Bertz CT molecular complexity index is 668. The Balaban J connectivity index is 0.000000891. The molecule has 1 heterocycles. The topological polar surface area (TPSA) is 133 Å². The SMILES string of the molecule is C=CCC(O)CNc1noc(-c2ccccc2)c1C(=O)O.O=CO. The Morgan fingerprint density at radius 1 is 1.38 bits per heavy atom. The number of aromatic carboxylic acids is 1. The quantitative estimate of drug-likeness (QED) is 0.447. The smallest absolute Gasteiger partial charge is 0.343 e. The summed E-state index contributed by atoms with van der Waals surface area (Å²) < 4.78 is 5.14. The van der Waals surface area contributed by atoms with Gasteiger partial charge in [0, 0.05) is 12.1 Å². The van der Waals surface area contributed by atoms with E-state index in [1.54, 1.807) is 30.3 Å². The molecule has 0 aliphatic rings. The van der Waals surface area contributed by atoms with Crippen LogP contribution in [0.3, 0.4) is 0 Å². The molecule has 0 amide bonds. The molecule has 0 saturated heterocycles. The number of nitrogens with zero attached hydrogens (tertiary/aromatic N) is 1. The number of nitrogens with one attached hydrogen (secondary N) is 1. The van der Waals surface area contributed by atoms with E-state index in [0.717, 1.165) is 0 Å². The van der Waals surface area contributed by atoms with Gasteiger partial charge in [-0.25, -0.2) is 4.79 Å². The molecule has 128 valence electrons. The first-order valence-corrected chi connectivity index (χ1v) is 6.94. The number of carboxylic acid groups (broad SMARTS) is 2. The van der Waals surface area contributed by atoms with Gasteiger partial charge in [0.15, 0.2) is 17.1 Å². The highest BCUT2D eigenvalue weighted by Crippen LogP contribution is 2.29. The van der Waals surface area contributed by atoms with Crippen LogP contribution in [0.5, 0.6) is 0 Å². The third kappa shape index (κ3) is 5.25. The third-order valence-corrected chi connectivity index (χ3v) is 2.89. The molecule has 1 unspecified atom stereocenters. The molecular formula is C16H18N2O6. The molecule has 1 aromatic carbocycles. The van der Waals surface area contributed by atoms with Gasteiger partial charge in [-0.3, -0.25) is 4.79 Å². The number of aliphatic hydroxyl groups is 1. The number of benzene rings is 1. The number of hydrogen-bond acceptors (Lipinski definition) is 6. The number of carbonyl (C=O) groups is 2. The number of hydrogen-bond donors (Lipinski definition) is 4. The van der Waals surface area contributed by atoms with Crippen LogP contribution in [-0.2, 0) is 4.79 Å². The minimum atomic E-state index is -1.14. The van der Waals surface area contributed by atoms with E-state index in [0.29, 0.717) is 12.0 Å². The predicted octanol–water partition coefficient (Wildman–Crippen LogP) is 2.09. The Kier molecular flexibility index (Phi) is 7.72. The molecule has 1 atom stereocenters. The van der Waals surface area contributed by atoms with Gasteiger partial charge < -0.3 is 25.2 Å². The van der Waals surface area contributed by atoms with Gasteiger partial charge in [-0.2, -0.15) is 0 Å². The van der Waals surface area contributed by atoms with Crippen LogP contribution in [0.1, 0.15) is 16.8 Å². The van der Waals surface area contributed by atoms with Crippen molar-refractivity contribution in [2.24, 2.45) is 0 Å². The van der Waals surface area contributed by atoms with Crippen LogP contribution >= 0.6 is 0 Å². The molecule has 8 heteroatoms. The fraction of sp³-hybridized carbons (Fsp3) is 0.188. The van der Waals surface area contributed by atoms with Crippen molar-refractivity contribution in [2.45, 2.75) is 12.5 Å². The maximum atomic E-state index is 11.4. The van der Waals surface area contributed by atoms with Crippen LogP contribution in [0, 0.1) is 0 Å². The average Bonchev–Trinajstić information content (AvgIpc) is 2.99. The van der Waals surface area contributed by atoms with Gasteiger partial charge in [0.25, 0.3) is 6.47 Å². The summed E-state index contributed by atoms with van der Waals surface area (Å²) in [5.74, 6) is -0.857. The molecule has 0 fully saturated rings. The lowest BCUT2D eigenvalue weighted by molar-refractivity contribution is -0.122.